The average molecular weight is 477 g/mol. The number of hydrogen-bond acceptors (Lipinski definition) is 5. The standard InChI is InChI=1S/C28H44O4S/c1-6-26(4)16-22(32-23(30)17-33-20-10-8-7-9-11-20)27(5)18(2)12-14-28(19(3)25(26)31)15-13-21(29)24(27)28/h6,18-20,22,24-25,31H,1,7-17H2,2-5H3/t18?,19-,22+,24?,25?,26+,27-,28?/m0/s1. The quantitative estimate of drug-likeness (QED) is 0.392. The molecule has 0 heterocycles. The lowest BCUT2D eigenvalue weighted by molar-refractivity contribution is -0.205. The maximum atomic E-state index is 13.4. The number of rotatable bonds is 5. The third-order valence-electron chi connectivity index (χ3n) is 10.6. The number of aliphatic hydroxyl groups excluding tert-OH is 1. The van der Waals surface area contributed by atoms with Gasteiger partial charge < -0.3 is 9.84 Å². The molecule has 0 saturated heterocycles. The van der Waals surface area contributed by atoms with Crippen molar-refractivity contribution < 1.29 is 19.4 Å². The van der Waals surface area contributed by atoms with Gasteiger partial charge in [-0.15, -0.1) is 18.3 Å². The Morgan fingerprint density at radius 1 is 1.18 bits per heavy atom. The predicted octanol–water partition coefficient (Wildman–Crippen LogP) is 5.96. The van der Waals surface area contributed by atoms with Gasteiger partial charge in [-0.2, -0.15) is 0 Å². The molecule has 4 fully saturated rings. The first kappa shape index (κ1) is 25.3. The summed E-state index contributed by atoms with van der Waals surface area (Å²) in [6.45, 7) is 12.7. The van der Waals surface area contributed by atoms with E-state index in [9.17, 15) is 14.7 Å². The van der Waals surface area contributed by atoms with E-state index in [1.165, 1.54) is 32.1 Å². The second kappa shape index (κ2) is 9.33. The molecule has 8 atom stereocenters. The van der Waals surface area contributed by atoms with Gasteiger partial charge in [-0.25, -0.2) is 0 Å². The van der Waals surface area contributed by atoms with E-state index in [1.54, 1.807) is 11.8 Å². The minimum Gasteiger partial charge on any atom is -0.461 e. The summed E-state index contributed by atoms with van der Waals surface area (Å²) < 4.78 is 6.34. The van der Waals surface area contributed by atoms with Crippen molar-refractivity contribution in [2.45, 2.75) is 109 Å². The molecule has 0 radical (unpaired) electrons. The molecule has 4 nitrogen and oxygen atoms in total. The number of Topliss-reactive ketones (excluding diaryl/α,β-unsaturated/α-hetero) is 1. The number of aliphatic hydroxyl groups is 1. The van der Waals surface area contributed by atoms with Crippen molar-refractivity contribution >= 4 is 23.5 Å². The van der Waals surface area contributed by atoms with Crippen LogP contribution in [0.1, 0.15) is 91.9 Å². The summed E-state index contributed by atoms with van der Waals surface area (Å²) in [6, 6.07) is 0. The van der Waals surface area contributed by atoms with E-state index in [4.69, 9.17) is 4.74 Å². The van der Waals surface area contributed by atoms with Gasteiger partial charge >= 0.3 is 5.97 Å². The van der Waals surface area contributed by atoms with Crippen LogP contribution in [-0.2, 0) is 14.3 Å². The Hall–Kier alpha value is -0.810. The van der Waals surface area contributed by atoms with Crippen LogP contribution >= 0.6 is 11.8 Å². The summed E-state index contributed by atoms with van der Waals surface area (Å²) in [4.78, 5) is 26.6. The molecule has 0 amide bonds. The van der Waals surface area contributed by atoms with Crippen LogP contribution in [0.3, 0.4) is 0 Å². The average Bonchev–Trinajstić information content (AvgIpc) is 3.17. The fraction of sp³-hybridized carbons (Fsp3) is 0.857. The highest BCUT2D eigenvalue weighted by Crippen LogP contribution is 2.68. The number of carbonyl (C=O) groups excluding carboxylic acids is 2. The molecule has 5 heteroatoms. The van der Waals surface area contributed by atoms with Crippen molar-refractivity contribution in [2.24, 2.45) is 34.0 Å². The van der Waals surface area contributed by atoms with Gasteiger partial charge in [0.05, 0.1) is 11.9 Å². The van der Waals surface area contributed by atoms with Crippen LogP contribution in [0, 0.1) is 34.0 Å². The lowest BCUT2D eigenvalue weighted by Crippen LogP contribution is -2.63. The van der Waals surface area contributed by atoms with E-state index < -0.39 is 23.0 Å². The number of hydrogen-bond donors (Lipinski definition) is 1. The van der Waals surface area contributed by atoms with E-state index in [2.05, 4.69) is 34.3 Å². The lowest BCUT2D eigenvalue weighted by Gasteiger charge is -2.61. The Morgan fingerprint density at radius 3 is 2.55 bits per heavy atom. The van der Waals surface area contributed by atoms with E-state index in [-0.39, 0.29) is 29.1 Å². The van der Waals surface area contributed by atoms with Gasteiger partial charge in [0.2, 0.25) is 0 Å². The summed E-state index contributed by atoms with van der Waals surface area (Å²) in [5.74, 6) is 0.638. The van der Waals surface area contributed by atoms with Crippen LogP contribution in [0.5, 0.6) is 0 Å². The predicted molar refractivity (Wildman–Crippen MR) is 134 cm³/mol. The second-order valence-electron chi connectivity index (χ2n) is 12.1. The maximum absolute atomic E-state index is 13.4. The number of carbonyl (C=O) groups is 2. The van der Waals surface area contributed by atoms with E-state index in [1.807, 2.05) is 6.08 Å². The van der Waals surface area contributed by atoms with Gasteiger partial charge in [0.15, 0.2) is 0 Å². The van der Waals surface area contributed by atoms with Crippen LogP contribution in [0.25, 0.3) is 0 Å². The number of ketones is 1. The molecule has 33 heavy (non-hydrogen) atoms. The Balaban J connectivity index is 1.66. The zero-order chi connectivity index (χ0) is 24.0. The fourth-order valence-electron chi connectivity index (χ4n) is 8.11. The highest BCUT2D eigenvalue weighted by atomic mass is 32.2. The first-order chi connectivity index (χ1) is 15.6. The van der Waals surface area contributed by atoms with Crippen LogP contribution in [0.2, 0.25) is 0 Å². The first-order valence-corrected chi connectivity index (χ1v) is 14.3. The molecule has 0 aliphatic heterocycles. The van der Waals surface area contributed by atoms with Gasteiger partial charge in [0, 0.05) is 28.4 Å². The van der Waals surface area contributed by atoms with Crippen molar-refractivity contribution in [3.8, 4) is 0 Å². The zero-order valence-electron chi connectivity index (χ0n) is 21.1. The van der Waals surface area contributed by atoms with Crippen molar-refractivity contribution in [3.63, 3.8) is 0 Å². The molecule has 0 aromatic rings. The molecule has 186 valence electrons. The third-order valence-corrected chi connectivity index (χ3v) is 11.9. The molecular weight excluding hydrogens is 432 g/mol. The minimum absolute atomic E-state index is 0.00211. The molecule has 2 bridgehead atoms. The van der Waals surface area contributed by atoms with Crippen LogP contribution < -0.4 is 0 Å². The normalized spacial score (nSPS) is 46.2. The molecule has 4 aliphatic rings. The summed E-state index contributed by atoms with van der Waals surface area (Å²) >= 11 is 1.74. The Labute approximate surface area is 204 Å². The molecule has 4 saturated carbocycles. The smallest absolute Gasteiger partial charge is 0.316 e. The molecule has 4 rings (SSSR count). The van der Waals surface area contributed by atoms with Gasteiger partial charge in [0.25, 0.3) is 0 Å². The van der Waals surface area contributed by atoms with Gasteiger partial charge in [-0.3, -0.25) is 9.59 Å². The number of ether oxygens (including phenoxy) is 1. The summed E-state index contributed by atoms with van der Waals surface area (Å²) in [5, 5.41) is 12.1. The highest BCUT2D eigenvalue weighted by molar-refractivity contribution is 8.00. The highest BCUT2D eigenvalue weighted by Gasteiger charge is 2.68. The van der Waals surface area contributed by atoms with Crippen molar-refractivity contribution in [3.05, 3.63) is 12.7 Å². The third kappa shape index (κ3) is 4.13. The molecule has 0 aromatic carbocycles. The van der Waals surface area contributed by atoms with E-state index >= 15 is 0 Å². The second-order valence-corrected chi connectivity index (χ2v) is 13.4. The maximum Gasteiger partial charge on any atom is 0.316 e. The fourth-order valence-corrected chi connectivity index (χ4v) is 9.22. The monoisotopic (exact) mass is 476 g/mol. The molecule has 4 aliphatic carbocycles. The molecule has 1 N–H and O–H groups in total. The van der Waals surface area contributed by atoms with Crippen molar-refractivity contribution in [1.82, 2.24) is 0 Å². The zero-order valence-corrected chi connectivity index (χ0v) is 21.9. The summed E-state index contributed by atoms with van der Waals surface area (Å²) in [6.07, 6.45) is 10.9. The molecule has 0 spiro atoms. The van der Waals surface area contributed by atoms with Crippen molar-refractivity contribution in [2.75, 3.05) is 5.75 Å². The van der Waals surface area contributed by atoms with Crippen LogP contribution in [0.4, 0.5) is 0 Å². The van der Waals surface area contributed by atoms with Gasteiger partial charge in [-0.1, -0.05) is 53.0 Å². The minimum atomic E-state index is -0.612. The van der Waals surface area contributed by atoms with Gasteiger partial charge in [0.1, 0.15) is 11.9 Å². The largest absolute Gasteiger partial charge is 0.461 e. The number of thioether (sulfide) groups is 1. The molecule has 4 unspecified atom stereocenters. The Kier molecular flexibility index (Phi) is 7.15. The SMILES string of the molecule is C=C[C@]1(C)C[C@@H](OC(=O)CSC2CCCCC2)[C@]2(C)C(C)CCC3(CCC(=O)C32)[C@@H](C)C1O. The first-order valence-electron chi connectivity index (χ1n) is 13.2. The van der Waals surface area contributed by atoms with Crippen LogP contribution in [0.15, 0.2) is 12.7 Å². The number of esters is 1. The lowest BCUT2D eigenvalue weighted by atomic mass is 9.44. The Bertz CT molecular complexity index is 776. The van der Waals surface area contributed by atoms with Crippen LogP contribution in [-0.4, -0.2) is 40.1 Å². The van der Waals surface area contributed by atoms with E-state index in [0.29, 0.717) is 29.6 Å². The van der Waals surface area contributed by atoms with Gasteiger partial charge in [-0.05, 0) is 55.8 Å². The Morgan fingerprint density at radius 2 is 1.88 bits per heavy atom. The summed E-state index contributed by atoms with van der Waals surface area (Å²) in [5.41, 5.74) is -1.21. The van der Waals surface area contributed by atoms with E-state index in [0.717, 1.165) is 19.3 Å². The molecular formula is C28H44O4S. The van der Waals surface area contributed by atoms with Crippen molar-refractivity contribution in [1.29, 1.82) is 0 Å². The molecule has 0 aromatic heterocycles. The summed E-state index contributed by atoms with van der Waals surface area (Å²) in [7, 11) is 0. The topological polar surface area (TPSA) is 63.6 Å².